The lowest BCUT2D eigenvalue weighted by Crippen LogP contribution is -2.29. The number of amides is 1. The topological polar surface area (TPSA) is 55.4 Å². The largest absolute Gasteiger partial charge is 0.448 e. The molecule has 1 atom stereocenters. The first-order chi connectivity index (χ1) is 11.2. The number of carbonyl (C=O) groups is 2. The Morgan fingerprint density at radius 1 is 1.12 bits per heavy atom. The number of hydrogen-bond acceptors (Lipinski definition) is 4. The molecule has 0 saturated heterocycles. The second-order valence-corrected chi connectivity index (χ2v) is 8.18. The van der Waals surface area contributed by atoms with Crippen LogP contribution in [0.1, 0.15) is 42.9 Å². The minimum Gasteiger partial charge on any atom is -0.448 e. The normalized spacial score (nSPS) is 12.5. The molecular formula is C18H20ClNO3S. The van der Waals surface area contributed by atoms with Gasteiger partial charge in [0, 0.05) is 5.69 Å². The van der Waals surface area contributed by atoms with Crippen LogP contribution in [-0.4, -0.2) is 18.0 Å². The van der Waals surface area contributed by atoms with Crippen LogP contribution in [0, 0.1) is 0 Å². The average molecular weight is 366 g/mol. The number of hydrogen-bond donors (Lipinski definition) is 1. The van der Waals surface area contributed by atoms with Crippen LogP contribution in [0.25, 0.3) is 0 Å². The van der Waals surface area contributed by atoms with Crippen LogP contribution < -0.4 is 5.32 Å². The Bertz CT molecular complexity index is 731. The number of rotatable bonds is 4. The van der Waals surface area contributed by atoms with E-state index in [4.69, 9.17) is 16.3 Å². The molecule has 6 heteroatoms. The molecule has 0 fully saturated rings. The Kier molecular flexibility index (Phi) is 5.67. The van der Waals surface area contributed by atoms with Crippen molar-refractivity contribution in [1.29, 1.82) is 0 Å². The number of nitrogens with one attached hydrogen (secondary N) is 1. The summed E-state index contributed by atoms with van der Waals surface area (Å²) in [5.41, 5.74) is 1.89. The van der Waals surface area contributed by atoms with Crippen molar-refractivity contribution >= 4 is 40.5 Å². The van der Waals surface area contributed by atoms with E-state index in [0.29, 0.717) is 14.9 Å². The van der Waals surface area contributed by atoms with Crippen LogP contribution in [0.4, 0.5) is 5.69 Å². The van der Waals surface area contributed by atoms with Crippen LogP contribution in [0.15, 0.2) is 36.4 Å². The number of anilines is 1. The third kappa shape index (κ3) is 4.82. The molecular weight excluding hydrogens is 346 g/mol. The first kappa shape index (κ1) is 18.5. The number of thiophene rings is 1. The van der Waals surface area contributed by atoms with Crippen molar-refractivity contribution in [2.45, 2.75) is 39.2 Å². The molecule has 1 amide bonds. The fourth-order valence-corrected chi connectivity index (χ4v) is 2.92. The second kappa shape index (κ2) is 7.36. The molecule has 24 heavy (non-hydrogen) atoms. The molecule has 0 saturated carbocycles. The van der Waals surface area contributed by atoms with Gasteiger partial charge in [-0.1, -0.05) is 44.5 Å². The van der Waals surface area contributed by atoms with Gasteiger partial charge in [0.05, 0.1) is 4.34 Å². The third-order valence-electron chi connectivity index (χ3n) is 3.45. The van der Waals surface area contributed by atoms with Crippen molar-refractivity contribution in [2.24, 2.45) is 0 Å². The van der Waals surface area contributed by atoms with E-state index in [9.17, 15) is 9.59 Å². The van der Waals surface area contributed by atoms with Crippen molar-refractivity contribution < 1.29 is 14.3 Å². The lowest BCUT2D eigenvalue weighted by molar-refractivity contribution is -0.123. The van der Waals surface area contributed by atoms with Gasteiger partial charge in [0.1, 0.15) is 4.88 Å². The SMILES string of the molecule is C[C@@H](OC(=O)c1ccc(Cl)s1)C(=O)Nc1ccc(C(C)(C)C)cc1. The van der Waals surface area contributed by atoms with Gasteiger partial charge in [-0.15, -0.1) is 11.3 Å². The Balaban J connectivity index is 1.95. The summed E-state index contributed by atoms with van der Waals surface area (Å²) < 4.78 is 5.66. The van der Waals surface area contributed by atoms with Crippen LogP contribution >= 0.6 is 22.9 Å². The first-order valence-electron chi connectivity index (χ1n) is 7.54. The van der Waals surface area contributed by atoms with E-state index in [0.717, 1.165) is 11.3 Å². The molecule has 0 spiro atoms. The molecule has 0 aliphatic carbocycles. The van der Waals surface area contributed by atoms with Gasteiger partial charge in [0.25, 0.3) is 5.91 Å². The molecule has 2 aromatic rings. The fraction of sp³-hybridized carbons (Fsp3) is 0.333. The van der Waals surface area contributed by atoms with Crippen molar-refractivity contribution in [3.63, 3.8) is 0 Å². The highest BCUT2D eigenvalue weighted by atomic mass is 35.5. The summed E-state index contributed by atoms with van der Waals surface area (Å²) in [4.78, 5) is 24.5. The van der Waals surface area contributed by atoms with Gasteiger partial charge in [0.2, 0.25) is 0 Å². The summed E-state index contributed by atoms with van der Waals surface area (Å²) in [5, 5.41) is 2.74. The molecule has 0 unspecified atom stereocenters. The number of halogens is 1. The van der Waals surface area contributed by atoms with E-state index in [-0.39, 0.29) is 11.3 Å². The third-order valence-corrected chi connectivity index (χ3v) is 4.66. The molecule has 1 heterocycles. The standard InChI is InChI=1S/C18H20ClNO3S/c1-11(23-17(22)14-9-10-15(19)24-14)16(21)20-13-7-5-12(6-8-13)18(2,3)4/h5-11H,1-4H3,(H,20,21)/t11-/m1/s1. The highest BCUT2D eigenvalue weighted by Crippen LogP contribution is 2.24. The van der Waals surface area contributed by atoms with Gasteiger partial charge >= 0.3 is 5.97 Å². The predicted octanol–water partition coefficient (Wildman–Crippen LogP) is 4.88. The lowest BCUT2D eigenvalue weighted by atomic mass is 9.87. The van der Waals surface area contributed by atoms with E-state index >= 15 is 0 Å². The zero-order valence-electron chi connectivity index (χ0n) is 14.1. The maximum Gasteiger partial charge on any atom is 0.349 e. The zero-order chi connectivity index (χ0) is 17.9. The van der Waals surface area contributed by atoms with Crippen molar-refractivity contribution in [1.82, 2.24) is 0 Å². The van der Waals surface area contributed by atoms with Crippen LogP contribution in [0.3, 0.4) is 0 Å². The zero-order valence-corrected chi connectivity index (χ0v) is 15.6. The number of carbonyl (C=O) groups excluding carboxylic acids is 2. The second-order valence-electron chi connectivity index (χ2n) is 6.47. The maximum atomic E-state index is 12.2. The van der Waals surface area contributed by atoms with Gasteiger partial charge < -0.3 is 10.1 Å². The number of benzene rings is 1. The van der Waals surface area contributed by atoms with Gasteiger partial charge in [-0.25, -0.2) is 4.79 Å². The monoisotopic (exact) mass is 365 g/mol. The molecule has 0 aliphatic rings. The first-order valence-corrected chi connectivity index (χ1v) is 8.74. The molecule has 0 bridgehead atoms. The molecule has 1 aromatic heterocycles. The van der Waals surface area contributed by atoms with Crippen molar-refractivity contribution in [2.75, 3.05) is 5.32 Å². The Morgan fingerprint density at radius 3 is 2.25 bits per heavy atom. The maximum absolute atomic E-state index is 12.2. The Labute approximate surface area is 150 Å². The summed E-state index contributed by atoms with van der Waals surface area (Å²) in [5.74, 6) is -0.938. The highest BCUT2D eigenvalue weighted by Gasteiger charge is 2.20. The van der Waals surface area contributed by atoms with E-state index < -0.39 is 12.1 Å². The molecule has 0 aliphatic heterocycles. The minimum absolute atomic E-state index is 0.0490. The minimum atomic E-state index is -0.902. The van der Waals surface area contributed by atoms with Gasteiger partial charge in [-0.05, 0) is 42.2 Å². The summed E-state index contributed by atoms with van der Waals surface area (Å²) in [6.07, 6.45) is -0.902. The van der Waals surface area contributed by atoms with Crippen LogP contribution in [0.2, 0.25) is 4.34 Å². The van der Waals surface area contributed by atoms with Crippen molar-refractivity contribution in [3.8, 4) is 0 Å². The van der Waals surface area contributed by atoms with Crippen LogP contribution in [-0.2, 0) is 14.9 Å². The highest BCUT2D eigenvalue weighted by molar-refractivity contribution is 7.17. The smallest absolute Gasteiger partial charge is 0.349 e. The summed E-state index contributed by atoms with van der Waals surface area (Å²) >= 11 is 6.90. The molecule has 0 radical (unpaired) electrons. The van der Waals surface area contributed by atoms with Gasteiger partial charge in [0.15, 0.2) is 6.10 Å². The molecule has 1 N–H and O–H groups in total. The average Bonchev–Trinajstić information content (AvgIpc) is 2.93. The Hall–Kier alpha value is -1.85. The number of esters is 1. The lowest BCUT2D eigenvalue weighted by Gasteiger charge is -2.19. The van der Waals surface area contributed by atoms with Gasteiger partial charge in [-0.2, -0.15) is 0 Å². The molecule has 1 aromatic carbocycles. The van der Waals surface area contributed by atoms with Gasteiger partial charge in [-0.3, -0.25) is 4.79 Å². The van der Waals surface area contributed by atoms with Crippen molar-refractivity contribution in [3.05, 3.63) is 51.2 Å². The Morgan fingerprint density at radius 2 is 1.75 bits per heavy atom. The quantitative estimate of drug-likeness (QED) is 0.785. The summed E-state index contributed by atoms with van der Waals surface area (Å²) in [7, 11) is 0. The van der Waals surface area contributed by atoms with E-state index in [1.807, 2.05) is 24.3 Å². The van der Waals surface area contributed by atoms with E-state index in [1.165, 1.54) is 12.5 Å². The van der Waals surface area contributed by atoms with E-state index in [2.05, 4.69) is 26.1 Å². The summed E-state index contributed by atoms with van der Waals surface area (Å²) in [6, 6.07) is 10.8. The molecule has 4 nitrogen and oxygen atoms in total. The fourth-order valence-electron chi connectivity index (χ4n) is 1.99. The molecule has 128 valence electrons. The summed E-state index contributed by atoms with van der Waals surface area (Å²) in [6.45, 7) is 7.91. The van der Waals surface area contributed by atoms with E-state index in [1.54, 1.807) is 12.1 Å². The molecule has 2 rings (SSSR count). The van der Waals surface area contributed by atoms with Crippen LogP contribution in [0.5, 0.6) is 0 Å². The number of ether oxygens (including phenoxy) is 1. The predicted molar refractivity (Wildman–Crippen MR) is 98.0 cm³/mol.